The molecule has 5 heteroatoms. The van der Waals surface area contributed by atoms with Gasteiger partial charge < -0.3 is 9.47 Å². The minimum absolute atomic E-state index is 0.233. The Hall–Kier alpha value is -1.55. The maximum absolute atomic E-state index is 11.8. The van der Waals surface area contributed by atoms with Crippen molar-refractivity contribution in [2.45, 2.75) is 39.9 Å². The number of esters is 2. The van der Waals surface area contributed by atoms with Crippen LogP contribution in [0.1, 0.15) is 48.4 Å². The first kappa shape index (κ1) is 15.5. The second kappa shape index (κ2) is 6.57. The molecule has 4 nitrogen and oxygen atoms in total. The van der Waals surface area contributed by atoms with Gasteiger partial charge in [0.15, 0.2) is 0 Å². The van der Waals surface area contributed by atoms with Crippen LogP contribution in [0.25, 0.3) is 0 Å². The van der Waals surface area contributed by atoms with E-state index in [1.165, 1.54) is 18.2 Å². The van der Waals surface area contributed by atoms with E-state index in [9.17, 15) is 9.59 Å². The average Bonchev–Trinajstić information content (AvgIpc) is 2.26. The molecular weight excluding hydrogens is 268 g/mol. The standard InChI is InChI=1S/C14H17ClO4/c1-8(2)18-13(16)10-5-11(7-12(15)6-10)14(17)19-9(3)4/h5-9H,1-4H3. The van der Waals surface area contributed by atoms with Gasteiger partial charge in [-0.15, -0.1) is 0 Å². The van der Waals surface area contributed by atoms with Gasteiger partial charge in [-0.1, -0.05) is 11.6 Å². The van der Waals surface area contributed by atoms with Gasteiger partial charge in [-0.05, 0) is 45.9 Å². The zero-order valence-corrected chi connectivity index (χ0v) is 12.2. The molecule has 0 fully saturated rings. The number of hydrogen-bond acceptors (Lipinski definition) is 4. The van der Waals surface area contributed by atoms with Gasteiger partial charge in [0.25, 0.3) is 0 Å². The number of carbonyl (C=O) groups excluding carboxylic acids is 2. The smallest absolute Gasteiger partial charge is 0.338 e. The Kier molecular flexibility index (Phi) is 5.36. The van der Waals surface area contributed by atoms with E-state index in [1.54, 1.807) is 27.7 Å². The third-order valence-electron chi connectivity index (χ3n) is 2.05. The van der Waals surface area contributed by atoms with Gasteiger partial charge >= 0.3 is 11.9 Å². The molecule has 1 aromatic rings. The van der Waals surface area contributed by atoms with Gasteiger partial charge in [-0.25, -0.2) is 9.59 Å². The number of carbonyl (C=O) groups is 2. The molecule has 0 aliphatic rings. The lowest BCUT2D eigenvalue weighted by Gasteiger charge is -2.11. The molecule has 1 aromatic carbocycles. The minimum atomic E-state index is -0.518. The zero-order chi connectivity index (χ0) is 14.6. The fourth-order valence-electron chi connectivity index (χ4n) is 1.39. The van der Waals surface area contributed by atoms with E-state index < -0.39 is 11.9 Å². The summed E-state index contributed by atoms with van der Waals surface area (Å²) < 4.78 is 10.1. The van der Waals surface area contributed by atoms with Crippen molar-refractivity contribution in [2.24, 2.45) is 0 Å². The fourth-order valence-corrected chi connectivity index (χ4v) is 1.62. The molecule has 0 heterocycles. The van der Waals surface area contributed by atoms with E-state index in [2.05, 4.69) is 0 Å². The van der Waals surface area contributed by atoms with Crippen molar-refractivity contribution in [3.63, 3.8) is 0 Å². The van der Waals surface area contributed by atoms with Crippen LogP contribution in [-0.2, 0) is 9.47 Å². The van der Waals surface area contributed by atoms with Crippen molar-refractivity contribution in [3.8, 4) is 0 Å². The van der Waals surface area contributed by atoms with Crippen LogP contribution in [0.3, 0.4) is 0 Å². The molecule has 1 rings (SSSR count). The SMILES string of the molecule is CC(C)OC(=O)c1cc(Cl)cc(C(=O)OC(C)C)c1. The van der Waals surface area contributed by atoms with Crippen LogP contribution < -0.4 is 0 Å². The van der Waals surface area contributed by atoms with E-state index in [4.69, 9.17) is 21.1 Å². The van der Waals surface area contributed by atoms with Crippen LogP contribution in [0.15, 0.2) is 18.2 Å². The summed E-state index contributed by atoms with van der Waals surface area (Å²) in [5.41, 5.74) is 0.466. The Bertz CT molecular complexity index is 440. The molecule has 19 heavy (non-hydrogen) atoms. The molecule has 0 saturated heterocycles. The van der Waals surface area contributed by atoms with Gasteiger partial charge in [0.1, 0.15) is 0 Å². The first-order valence-electron chi connectivity index (χ1n) is 6.02. The Balaban J connectivity index is 3.00. The first-order chi connectivity index (χ1) is 8.79. The molecule has 0 aliphatic heterocycles. The molecule has 0 amide bonds. The van der Waals surface area contributed by atoms with E-state index in [-0.39, 0.29) is 28.4 Å². The summed E-state index contributed by atoms with van der Waals surface area (Å²) in [6.45, 7) is 6.99. The van der Waals surface area contributed by atoms with Crippen LogP contribution >= 0.6 is 11.6 Å². The zero-order valence-electron chi connectivity index (χ0n) is 11.4. The molecular formula is C14H17ClO4. The van der Waals surface area contributed by atoms with E-state index in [0.717, 1.165) is 0 Å². The average molecular weight is 285 g/mol. The molecule has 0 radical (unpaired) electrons. The summed E-state index contributed by atoms with van der Waals surface area (Å²) in [5.74, 6) is -1.04. The number of benzene rings is 1. The third kappa shape index (κ3) is 4.91. The lowest BCUT2D eigenvalue weighted by Crippen LogP contribution is -2.14. The molecule has 0 unspecified atom stereocenters. The van der Waals surface area contributed by atoms with Crippen molar-refractivity contribution in [2.75, 3.05) is 0 Å². The number of rotatable bonds is 4. The number of ether oxygens (including phenoxy) is 2. The molecule has 0 saturated carbocycles. The summed E-state index contributed by atoms with van der Waals surface area (Å²) in [6, 6.07) is 4.33. The minimum Gasteiger partial charge on any atom is -0.459 e. The molecule has 104 valence electrons. The maximum Gasteiger partial charge on any atom is 0.338 e. The van der Waals surface area contributed by atoms with Crippen LogP contribution in [-0.4, -0.2) is 24.1 Å². The highest BCUT2D eigenvalue weighted by Crippen LogP contribution is 2.18. The second-order valence-corrected chi connectivity index (χ2v) is 5.07. The second-order valence-electron chi connectivity index (χ2n) is 4.64. The van der Waals surface area contributed by atoms with Crippen molar-refractivity contribution < 1.29 is 19.1 Å². The van der Waals surface area contributed by atoms with Crippen LogP contribution in [0, 0.1) is 0 Å². The maximum atomic E-state index is 11.8. The summed E-state index contributed by atoms with van der Waals surface area (Å²) in [5, 5.41) is 0.286. The van der Waals surface area contributed by atoms with E-state index in [0.29, 0.717) is 0 Å². The first-order valence-corrected chi connectivity index (χ1v) is 6.40. The summed E-state index contributed by atoms with van der Waals surface area (Å²) in [6.07, 6.45) is -0.477. The molecule has 0 aliphatic carbocycles. The quantitative estimate of drug-likeness (QED) is 0.795. The Morgan fingerprint density at radius 2 is 1.26 bits per heavy atom. The summed E-state index contributed by atoms with van der Waals surface area (Å²) in [7, 11) is 0. The van der Waals surface area contributed by atoms with Crippen LogP contribution in [0.4, 0.5) is 0 Å². The predicted octanol–water partition coefficient (Wildman–Crippen LogP) is 3.47. The lowest BCUT2D eigenvalue weighted by atomic mass is 10.1. The van der Waals surface area contributed by atoms with E-state index >= 15 is 0 Å². The number of halogens is 1. The topological polar surface area (TPSA) is 52.6 Å². The van der Waals surface area contributed by atoms with Crippen molar-refractivity contribution >= 4 is 23.5 Å². The normalized spacial score (nSPS) is 10.7. The van der Waals surface area contributed by atoms with Gasteiger partial charge in [0.2, 0.25) is 0 Å². The summed E-state index contributed by atoms with van der Waals surface area (Å²) >= 11 is 5.90. The van der Waals surface area contributed by atoms with Crippen molar-refractivity contribution in [1.82, 2.24) is 0 Å². The molecule has 0 atom stereocenters. The molecule has 0 N–H and O–H groups in total. The molecule has 0 aromatic heterocycles. The highest BCUT2D eigenvalue weighted by atomic mass is 35.5. The highest BCUT2D eigenvalue weighted by molar-refractivity contribution is 6.31. The number of hydrogen-bond donors (Lipinski definition) is 0. The molecule has 0 spiro atoms. The van der Waals surface area contributed by atoms with Gasteiger partial charge in [-0.2, -0.15) is 0 Å². The summed E-state index contributed by atoms with van der Waals surface area (Å²) in [4.78, 5) is 23.5. The van der Waals surface area contributed by atoms with E-state index in [1.807, 2.05) is 0 Å². The Morgan fingerprint density at radius 1 is 0.895 bits per heavy atom. The van der Waals surface area contributed by atoms with Gasteiger partial charge in [0.05, 0.1) is 23.3 Å². The Morgan fingerprint density at radius 3 is 1.58 bits per heavy atom. The van der Waals surface area contributed by atoms with Crippen molar-refractivity contribution in [1.29, 1.82) is 0 Å². The fraction of sp³-hybridized carbons (Fsp3) is 0.429. The third-order valence-corrected chi connectivity index (χ3v) is 2.27. The van der Waals surface area contributed by atoms with Gasteiger partial charge in [0, 0.05) is 5.02 Å². The largest absolute Gasteiger partial charge is 0.459 e. The Labute approximate surface area is 117 Å². The predicted molar refractivity (Wildman–Crippen MR) is 72.6 cm³/mol. The van der Waals surface area contributed by atoms with Crippen molar-refractivity contribution in [3.05, 3.63) is 34.3 Å². The monoisotopic (exact) mass is 284 g/mol. The lowest BCUT2D eigenvalue weighted by molar-refractivity contribution is 0.0377. The van der Waals surface area contributed by atoms with Gasteiger partial charge in [-0.3, -0.25) is 0 Å². The van der Waals surface area contributed by atoms with Crippen LogP contribution in [0.5, 0.6) is 0 Å². The highest BCUT2D eigenvalue weighted by Gasteiger charge is 2.16. The molecule has 0 bridgehead atoms. The van der Waals surface area contributed by atoms with Crippen LogP contribution in [0.2, 0.25) is 5.02 Å².